The number of aryl methyl sites for hydroxylation is 1. The van der Waals surface area contributed by atoms with Crippen LogP contribution in [0.1, 0.15) is 15.9 Å². The molecule has 6 nitrogen and oxygen atoms in total. The number of aromatic nitrogens is 1. The molecule has 1 aromatic carbocycles. The number of rotatable bonds is 2. The highest BCUT2D eigenvalue weighted by Crippen LogP contribution is 2.32. The largest absolute Gasteiger partial charge is 0.465 e. The molecule has 1 aromatic heterocycles. The van der Waals surface area contributed by atoms with E-state index in [0.29, 0.717) is 10.9 Å². The summed E-state index contributed by atoms with van der Waals surface area (Å²) in [6, 6.07) is 3.67. The third-order valence-corrected chi connectivity index (χ3v) is 3.92. The number of hydrogen-bond donors (Lipinski definition) is 0. The number of methoxy groups -OCH3 is 1. The minimum absolute atomic E-state index is 0.161. The summed E-state index contributed by atoms with van der Waals surface area (Å²) in [6.07, 6.45) is 1.38. The maximum Gasteiger partial charge on any atom is 0.339 e. The zero-order chi connectivity index (χ0) is 14.0. The predicted octanol–water partition coefficient (Wildman–Crippen LogP) is 3.88. The van der Waals surface area contributed by atoms with Crippen LogP contribution in [0.5, 0.6) is 0 Å². The Bertz CT molecular complexity index is 723. The average Bonchev–Trinajstić information content (AvgIpc) is 2.42. The lowest BCUT2D eigenvalue weighted by atomic mass is 10.1. The average molecular weight is 368 g/mol. The number of fused-ring (bicyclic) bond motifs is 1. The van der Waals surface area contributed by atoms with Gasteiger partial charge in [0.1, 0.15) is 0 Å². The third kappa shape index (κ3) is 2.34. The van der Waals surface area contributed by atoms with Gasteiger partial charge < -0.3 is 4.74 Å². The molecule has 2 aromatic rings. The highest BCUT2D eigenvalue weighted by atomic mass is 127. The number of esters is 1. The molecular weight excluding hydrogens is 359 g/mol. The van der Waals surface area contributed by atoms with Crippen LogP contribution in [-0.4, -0.2) is 18.1 Å². The van der Waals surface area contributed by atoms with Crippen molar-refractivity contribution >= 4 is 45.2 Å². The molecule has 1 heterocycles. The van der Waals surface area contributed by atoms with Crippen molar-refractivity contribution in [2.75, 3.05) is 7.11 Å². The van der Waals surface area contributed by atoms with Gasteiger partial charge >= 0.3 is 5.97 Å². The number of halogens is 1. The first-order chi connectivity index (χ1) is 9.10. The van der Waals surface area contributed by atoms with Crippen LogP contribution in [0.4, 0.5) is 5.69 Å². The van der Waals surface area contributed by atoms with Gasteiger partial charge in [0.05, 0.1) is 23.9 Å². The SMILES string of the molecule is COC(=O)c1cnc2c(C)c(I)ccc2c1N=[N+]=[N-]. The van der Waals surface area contributed by atoms with Crippen LogP contribution in [0.25, 0.3) is 21.3 Å². The van der Waals surface area contributed by atoms with E-state index in [-0.39, 0.29) is 11.3 Å². The van der Waals surface area contributed by atoms with Crippen molar-refractivity contribution in [2.24, 2.45) is 5.11 Å². The van der Waals surface area contributed by atoms with Crippen LogP contribution in [0.15, 0.2) is 23.4 Å². The Labute approximate surface area is 122 Å². The molecule has 0 saturated carbocycles. The molecule has 0 amide bonds. The number of hydrogen-bond acceptors (Lipinski definition) is 4. The smallest absolute Gasteiger partial charge is 0.339 e. The number of carbonyl (C=O) groups is 1. The highest BCUT2D eigenvalue weighted by Gasteiger charge is 2.16. The molecule has 0 fully saturated rings. The molecule has 0 bridgehead atoms. The molecule has 0 N–H and O–H groups in total. The molecule has 0 unspecified atom stereocenters. The quantitative estimate of drug-likeness (QED) is 0.265. The molecule has 0 aliphatic rings. The predicted molar refractivity (Wildman–Crippen MR) is 79.3 cm³/mol. The summed E-state index contributed by atoms with van der Waals surface area (Å²) in [5, 5.41) is 4.25. The van der Waals surface area contributed by atoms with E-state index in [4.69, 9.17) is 5.53 Å². The molecule has 0 spiro atoms. The van der Waals surface area contributed by atoms with Crippen LogP contribution < -0.4 is 0 Å². The summed E-state index contributed by atoms with van der Waals surface area (Å²) in [6.45, 7) is 1.93. The summed E-state index contributed by atoms with van der Waals surface area (Å²) in [5.74, 6) is -0.576. The minimum atomic E-state index is -0.576. The molecule has 7 heteroatoms. The number of ether oxygens (including phenoxy) is 1. The Balaban J connectivity index is 2.89. The monoisotopic (exact) mass is 368 g/mol. The van der Waals surface area contributed by atoms with Crippen molar-refractivity contribution in [1.29, 1.82) is 0 Å². The molecule has 0 aliphatic carbocycles. The number of pyridine rings is 1. The number of carbonyl (C=O) groups excluding carboxylic acids is 1. The van der Waals surface area contributed by atoms with E-state index >= 15 is 0 Å². The summed E-state index contributed by atoms with van der Waals surface area (Å²) in [4.78, 5) is 18.7. The fourth-order valence-electron chi connectivity index (χ4n) is 1.78. The second-order valence-electron chi connectivity index (χ2n) is 3.77. The van der Waals surface area contributed by atoms with Gasteiger partial charge in [0.2, 0.25) is 0 Å². The van der Waals surface area contributed by atoms with Gasteiger partial charge in [-0.2, -0.15) is 0 Å². The summed E-state index contributed by atoms with van der Waals surface area (Å²) >= 11 is 2.20. The van der Waals surface area contributed by atoms with Crippen LogP contribution in [0, 0.1) is 10.5 Å². The molecule has 0 saturated heterocycles. The number of nitrogens with zero attached hydrogens (tertiary/aromatic N) is 4. The first-order valence-corrected chi connectivity index (χ1v) is 6.39. The van der Waals surface area contributed by atoms with E-state index in [9.17, 15) is 4.79 Å². The van der Waals surface area contributed by atoms with Gasteiger partial charge in [-0.05, 0) is 46.7 Å². The summed E-state index contributed by atoms with van der Waals surface area (Å²) in [5.41, 5.74) is 10.8. The Morgan fingerprint density at radius 1 is 1.53 bits per heavy atom. The molecular formula is C12H9IN4O2. The maximum atomic E-state index is 11.7. The molecule has 0 aliphatic heterocycles. The second-order valence-corrected chi connectivity index (χ2v) is 4.93. The van der Waals surface area contributed by atoms with E-state index in [1.165, 1.54) is 13.3 Å². The second kappa shape index (κ2) is 5.41. The van der Waals surface area contributed by atoms with Crippen molar-refractivity contribution < 1.29 is 9.53 Å². The normalized spacial score (nSPS) is 10.1. The number of azide groups is 1. The molecule has 96 valence electrons. The lowest BCUT2D eigenvalue weighted by molar-refractivity contribution is 0.0601. The maximum absolute atomic E-state index is 11.7. The van der Waals surface area contributed by atoms with Crippen LogP contribution in [0.3, 0.4) is 0 Å². The van der Waals surface area contributed by atoms with Crippen molar-refractivity contribution in [1.82, 2.24) is 4.98 Å². The zero-order valence-corrected chi connectivity index (χ0v) is 12.4. The lowest BCUT2D eigenvalue weighted by Crippen LogP contribution is -2.03. The van der Waals surface area contributed by atoms with Gasteiger partial charge in [-0.3, -0.25) is 4.98 Å². The fraction of sp³-hybridized carbons (Fsp3) is 0.167. The Morgan fingerprint density at radius 3 is 2.89 bits per heavy atom. The van der Waals surface area contributed by atoms with Gasteiger partial charge in [0.25, 0.3) is 0 Å². The lowest BCUT2D eigenvalue weighted by Gasteiger charge is -2.09. The minimum Gasteiger partial charge on any atom is -0.465 e. The van der Waals surface area contributed by atoms with Crippen molar-refractivity contribution in [3.63, 3.8) is 0 Å². The molecule has 0 atom stereocenters. The van der Waals surface area contributed by atoms with Gasteiger partial charge in [0, 0.05) is 20.1 Å². The van der Waals surface area contributed by atoms with E-state index in [0.717, 1.165) is 9.13 Å². The highest BCUT2D eigenvalue weighted by molar-refractivity contribution is 14.1. The first-order valence-electron chi connectivity index (χ1n) is 5.31. The van der Waals surface area contributed by atoms with Gasteiger partial charge in [-0.15, -0.1) is 0 Å². The standard InChI is InChI=1S/C12H9IN4O2/c1-6-9(13)4-3-7-10(6)15-5-8(12(18)19-2)11(7)16-17-14/h3-5H,1-2H3. The van der Waals surface area contributed by atoms with Crippen molar-refractivity contribution in [3.05, 3.63) is 43.5 Å². The summed E-state index contributed by atoms with van der Waals surface area (Å²) in [7, 11) is 1.27. The van der Waals surface area contributed by atoms with E-state index in [1.807, 2.05) is 13.0 Å². The first kappa shape index (κ1) is 13.6. The van der Waals surface area contributed by atoms with Gasteiger partial charge in [-0.1, -0.05) is 11.2 Å². The number of benzene rings is 1. The Kier molecular flexibility index (Phi) is 3.87. The van der Waals surface area contributed by atoms with Gasteiger partial charge in [-0.25, -0.2) is 4.79 Å². The molecule has 19 heavy (non-hydrogen) atoms. The van der Waals surface area contributed by atoms with E-state index in [2.05, 4.69) is 42.3 Å². The topological polar surface area (TPSA) is 88.0 Å². The van der Waals surface area contributed by atoms with Crippen LogP contribution >= 0.6 is 22.6 Å². The molecule has 0 radical (unpaired) electrons. The summed E-state index contributed by atoms with van der Waals surface area (Å²) < 4.78 is 5.71. The molecule has 2 rings (SSSR count). The third-order valence-electron chi connectivity index (χ3n) is 2.75. The zero-order valence-electron chi connectivity index (χ0n) is 10.2. The fourth-order valence-corrected chi connectivity index (χ4v) is 2.22. The van der Waals surface area contributed by atoms with E-state index < -0.39 is 5.97 Å². The van der Waals surface area contributed by atoms with Gasteiger partial charge in [0.15, 0.2) is 0 Å². The van der Waals surface area contributed by atoms with Crippen LogP contribution in [0.2, 0.25) is 0 Å². The van der Waals surface area contributed by atoms with Crippen molar-refractivity contribution in [3.8, 4) is 0 Å². The van der Waals surface area contributed by atoms with Crippen molar-refractivity contribution in [2.45, 2.75) is 6.92 Å². The van der Waals surface area contributed by atoms with Crippen LogP contribution in [-0.2, 0) is 4.74 Å². The Morgan fingerprint density at radius 2 is 2.26 bits per heavy atom. The van der Waals surface area contributed by atoms with E-state index in [1.54, 1.807) is 6.07 Å². The Hall–Kier alpha value is -1.86.